The van der Waals surface area contributed by atoms with Crippen LogP contribution in [0.3, 0.4) is 0 Å². The molecule has 0 unspecified atom stereocenters. The van der Waals surface area contributed by atoms with Gasteiger partial charge < -0.3 is 4.90 Å². The van der Waals surface area contributed by atoms with Gasteiger partial charge in [0.25, 0.3) is 0 Å². The second kappa shape index (κ2) is 6.92. The molecule has 1 fully saturated rings. The molecule has 0 bridgehead atoms. The molecule has 0 amide bonds. The van der Waals surface area contributed by atoms with E-state index in [1.54, 1.807) is 4.31 Å². The summed E-state index contributed by atoms with van der Waals surface area (Å²) in [5, 5.41) is 0. The Morgan fingerprint density at radius 1 is 1.18 bits per heavy atom. The molecule has 0 radical (unpaired) electrons. The average molecular weight is 283 g/mol. The Balaban J connectivity index is 2.70. The highest BCUT2D eigenvalue weighted by Gasteiger charge is 2.31. The highest BCUT2D eigenvalue weighted by molar-refractivity contribution is 7.89. The van der Waals surface area contributed by atoms with Crippen LogP contribution in [-0.4, -0.2) is 62.5 Å². The molecule has 0 N–H and O–H groups in total. The molecule has 0 spiro atoms. The first-order valence-corrected chi connectivity index (χ1v) is 8.32. The van der Waals surface area contributed by atoms with Crippen LogP contribution in [0.15, 0.2) is 0 Å². The van der Waals surface area contributed by atoms with Gasteiger partial charge in [-0.1, -0.05) is 12.8 Å². The highest BCUT2D eigenvalue weighted by atomic mass is 35.5. The van der Waals surface area contributed by atoms with Crippen molar-refractivity contribution < 1.29 is 8.42 Å². The third kappa shape index (κ3) is 4.73. The van der Waals surface area contributed by atoms with Gasteiger partial charge in [0.05, 0.1) is 5.75 Å². The smallest absolute Gasteiger partial charge is 0.215 e. The first-order valence-electron chi connectivity index (χ1n) is 6.17. The molecule has 0 atom stereocenters. The Morgan fingerprint density at radius 2 is 1.76 bits per heavy atom. The third-order valence-electron chi connectivity index (χ3n) is 3.19. The standard InChI is InChI=1S/C11H23ClN2O2S/c1-13(2)8-9-14(11-5-3-4-6-11)17(15,16)10-7-12/h11H,3-10H2,1-2H3. The van der Waals surface area contributed by atoms with E-state index in [-0.39, 0.29) is 17.7 Å². The Kier molecular flexibility index (Phi) is 6.20. The maximum atomic E-state index is 12.2. The Bertz CT molecular complexity index is 313. The minimum atomic E-state index is -3.18. The van der Waals surface area contributed by atoms with E-state index in [0.717, 1.165) is 32.2 Å². The molecule has 4 nitrogen and oxygen atoms in total. The van der Waals surface area contributed by atoms with Crippen molar-refractivity contribution in [3.8, 4) is 0 Å². The molecule has 1 aliphatic rings. The summed E-state index contributed by atoms with van der Waals surface area (Å²) < 4.78 is 26.0. The van der Waals surface area contributed by atoms with E-state index in [9.17, 15) is 8.42 Å². The molecule has 1 aliphatic carbocycles. The van der Waals surface area contributed by atoms with Crippen LogP contribution >= 0.6 is 11.6 Å². The van der Waals surface area contributed by atoms with E-state index in [0.29, 0.717) is 6.54 Å². The average Bonchev–Trinajstić information content (AvgIpc) is 2.70. The number of likely N-dealkylation sites (N-methyl/N-ethyl adjacent to an activating group) is 1. The van der Waals surface area contributed by atoms with Crippen LogP contribution < -0.4 is 0 Å². The minimum Gasteiger partial charge on any atom is -0.308 e. The van der Waals surface area contributed by atoms with Crippen molar-refractivity contribution >= 4 is 21.6 Å². The van der Waals surface area contributed by atoms with Gasteiger partial charge in [-0.2, -0.15) is 4.31 Å². The van der Waals surface area contributed by atoms with Gasteiger partial charge in [-0.25, -0.2) is 8.42 Å². The topological polar surface area (TPSA) is 40.6 Å². The maximum absolute atomic E-state index is 12.2. The highest BCUT2D eigenvalue weighted by Crippen LogP contribution is 2.25. The molecule has 0 saturated heterocycles. The number of halogens is 1. The van der Waals surface area contributed by atoms with E-state index in [1.165, 1.54) is 0 Å². The van der Waals surface area contributed by atoms with Crippen LogP contribution in [0.5, 0.6) is 0 Å². The van der Waals surface area contributed by atoms with Crippen molar-refractivity contribution in [2.75, 3.05) is 38.8 Å². The molecule has 102 valence electrons. The molecule has 0 heterocycles. The Morgan fingerprint density at radius 3 is 2.24 bits per heavy atom. The summed E-state index contributed by atoms with van der Waals surface area (Å²) in [5.74, 6) is 0.228. The Labute approximate surface area is 110 Å². The molecule has 0 aliphatic heterocycles. The van der Waals surface area contributed by atoms with E-state index < -0.39 is 10.0 Å². The fraction of sp³-hybridized carbons (Fsp3) is 1.00. The van der Waals surface area contributed by atoms with Crippen molar-refractivity contribution in [1.82, 2.24) is 9.21 Å². The van der Waals surface area contributed by atoms with Gasteiger partial charge in [-0.3, -0.25) is 0 Å². The number of hydrogen-bond acceptors (Lipinski definition) is 3. The van der Waals surface area contributed by atoms with Gasteiger partial charge in [0.2, 0.25) is 10.0 Å². The monoisotopic (exact) mass is 282 g/mol. The van der Waals surface area contributed by atoms with Gasteiger partial charge in [-0.15, -0.1) is 11.6 Å². The van der Waals surface area contributed by atoms with Crippen LogP contribution in [0.2, 0.25) is 0 Å². The number of rotatable bonds is 7. The normalized spacial score (nSPS) is 18.4. The van der Waals surface area contributed by atoms with Gasteiger partial charge >= 0.3 is 0 Å². The van der Waals surface area contributed by atoms with Crippen molar-refractivity contribution in [1.29, 1.82) is 0 Å². The van der Waals surface area contributed by atoms with Crippen LogP contribution in [0.1, 0.15) is 25.7 Å². The lowest BCUT2D eigenvalue weighted by atomic mass is 10.2. The second-order valence-corrected chi connectivity index (χ2v) is 7.28. The molecule has 6 heteroatoms. The number of hydrogen-bond donors (Lipinski definition) is 0. The fourth-order valence-electron chi connectivity index (χ4n) is 2.25. The summed E-state index contributed by atoms with van der Waals surface area (Å²) in [6.45, 7) is 1.34. The lowest BCUT2D eigenvalue weighted by Gasteiger charge is -2.28. The van der Waals surface area contributed by atoms with Gasteiger partial charge in [0.1, 0.15) is 0 Å². The third-order valence-corrected chi connectivity index (χ3v) is 5.52. The number of sulfonamides is 1. The molecule has 0 aromatic carbocycles. The fourth-order valence-corrected chi connectivity index (χ4v) is 4.29. The lowest BCUT2D eigenvalue weighted by Crippen LogP contribution is -2.43. The summed E-state index contributed by atoms with van der Waals surface area (Å²) in [4.78, 5) is 2.01. The van der Waals surface area contributed by atoms with E-state index in [1.807, 2.05) is 19.0 Å². The van der Waals surface area contributed by atoms with Crippen LogP contribution in [0, 0.1) is 0 Å². The maximum Gasteiger partial charge on any atom is 0.215 e. The van der Waals surface area contributed by atoms with E-state index in [4.69, 9.17) is 11.6 Å². The summed E-state index contributed by atoms with van der Waals surface area (Å²) in [6, 6.07) is 0.197. The Hall–Kier alpha value is 0.160. The first-order chi connectivity index (χ1) is 7.97. The van der Waals surface area contributed by atoms with Crippen LogP contribution in [-0.2, 0) is 10.0 Å². The van der Waals surface area contributed by atoms with Crippen molar-refractivity contribution in [3.05, 3.63) is 0 Å². The van der Waals surface area contributed by atoms with Crippen molar-refractivity contribution in [2.24, 2.45) is 0 Å². The molecular weight excluding hydrogens is 260 g/mol. The zero-order valence-corrected chi connectivity index (χ0v) is 12.3. The summed E-state index contributed by atoms with van der Waals surface area (Å²) in [7, 11) is 0.742. The number of nitrogens with zero attached hydrogens (tertiary/aromatic N) is 2. The molecule has 0 aromatic rings. The van der Waals surface area contributed by atoms with Crippen LogP contribution in [0.25, 0.3) is 0 Å². The largest absolute Gasteiger partial charge is 0.308 e. The molecule has 1 rings (SSSR count). The zero-order chi connectivity index (χ0) is 12.9. The second-order valence-electron chi connectivity index (χ2n) is 4.86. The molecule has 17 heavy (non-hydrogen) atoms. The lowest BCUT2D eigenvalue weighted by molar-refractivity contribution is 0.282. The predicted octanol–water partition coefficient (Wildman–Crippen LogP) is 1.36. The van der Waals surface area contributed by atoms with Crippen LogP contribution in [0.4, 0.5) is 0 Å². The van der Waals surface area contributed by atoms with E-state index in [2.05, 4.69) is 0 Å². The summed E-state index contributed by atoms with van der Waals surface area (Å²) >= 11 is 5.58. The van der Waals surface area contributed by atoms with Gasteiger partial charge in [0, 0.05) is 25.0 Å². The van der Waals surface area contributed by atoms with Gasteiger partial charge in [-0.05, 0) is 26.9 Å². The SMILES string of the molecule is CN(C)CCN(C1CCCC1)S(=O)(=O)CCCl. The molecule has 0 aromatic heterocycles. The molecular formula is C11H23ClN2O2S. The molecule has 1 saturated carbocycles. The van der Waals surface area contributed by atoms with Gasteiger partial charge in [0.15, 0.2) is 0 Å². The zero-order valence-electron chi connectivity index (χ0n) is 10.7. The van der Waals surface area contributed by atoms with Crippen molar-refractivity contribution in [3.63, 3.8) is 0 Å². The number of alkyl halides is 1. The summed E-state index contributed by atoms with van der Waals surface area (Å²) in [6.07, 6.45) is 4.27. The predicted molar refractivity (Wildman–Crippen MR) is 72.0 cm³/mol. The quantitative estimate of drug-likeness (QED) is 0.662. The summed E-state index contributed by atoms with van der Waals surface area (Å²) in [5.41, 5.74) is 0. The van der Waals surface area contributed by atoms with Crippen molar-refractivity contribution in [2.45, 2.75) is 31.7 Å². The first kappa shape index (κ1) is 15.2. The van der Waals surface area contributed by atoms with E-state index >= 15 is 0 Å². The minimum absolute atomic E-state index is 0.0541.